The van der Waals surface area contributed by atoms with E-state index < -0.39 is 0 Å². The number of aryl methyl sites for hydroxylation is 1. The zero-order valence-electron chi connectivity index (χ0n) is 16.9. The van der Waals surface area contributed by atoms with Gasteiger partial charge in [-0.3, -0.25) is 4.57 Å². The fraction of sp³-hybridized carbons (Fsp3) is 0.227. The minimum Gasteiger partial charge on any atom is -0.378 e. The first kappa shape index (κ1) is 19.6. The first-order valence-corrected chi connectivity index (χ1v) is 10.4. The van der Waals surface area contributed by atoms with Crippen molar-refractivity contribution >= 4 is 40.1 Å². The van der Waals surface area contributed by atoms with Gasteiger partial charge in [-0.2, -0.15) is 4.98 Å². The summed E-state index contributed by atoms with van der Waals surface area (Å²) in [5.74, 6) is 1.32. The van der Waals surface area contributed by atoms with Crippen LogP contribution < -0.4 is 15.9 Å². The van der Waals surface area contributed by atoms with Crippen LogP contribution in [0.1, 0.15) is 0 Å². The van der Waals surface area contributed by atoms with E-state index in [1.807, 2.05) is 48.5 Å². The quantitative estimate of drug-likeness (QED) is 0.508. The Morgan fingerprint density at radius 3 is 2.61 bits per heavy atom. The van der Waals surface area contributed by atoms with Gasteiger partial charge >= 0.3 is 5.69 Å². The molecule has 1 aliphatic rings. The van der Waals surface area contributed by atoms with E-state index in [4.69, 9.17) is 26.3 Å². The number of ether oxygens (including phenoxy) is 1. The van der Waals surface area contributed by atoms with Gasteiger partial charge in [0.15, 0.2) is 0 Å². The maximum atomic E-state index is 12.0. The minimum atomic E-state index is -0.145. The number of anilines is 3. The fourth-order valence-corrected chi connectivity index (χ4v) is 3.74. The third kappa shape index (κ3) is 3.99. The summed E-state index contributed by atoms with van der Waals surface area (Å²) in [7, 11) is 1.75. The standard InChI is InChI=1S/C22H21ClN6O2/c1-28-19-12-14(2-7-17(19)26-22(28)30)18-13-20(24-16-5-3-15(23)4-6-16)27-21(25-18)29-8-10-31-11-9-29/h2-7,12-13H,8-11H2,1H3,(H,26,30)(H,24,25,27). The number of fused-ring (bicyclic) bond motifs is 1. The number of hydrogen-bond acceptors (Lipinski definition) is 6. The van der Waals surface area contributed by atoms with Crippen LogP contribution >= 0.6 is 11.6 Å². The van der Waals surface area contributed by atoms with Crippen molar-refractivity contribution in [1.82, 2.24) is 19.5 Å². The Kier molecular flexibility index (Phi) is 5.09. The van der Waals surface area contributed by atoms with E-state index in [1.165, 1.54) is 0 Å². The maximum absolute atomic E-state index is 12.0. The lowest BCUT2D eigenvalue weighted by Gasteiger charge is -2.27. The van der Waals surface area contributed by atoms with Crippen molar-refractivity contribution in [3.05, 3.63) is 64.0 Å². The lowest BCUT2D eigenvalue weighted by Crippen LogP contribution is -2.37. The number of imidazole rings is 1. The molecule has 0 amide bonds. The molecule has 0 radical (unpaired) electrons. The molecule has 0 spiro atoms. The number of nitrogens with zero attached hydrogens (tertiary/aromatic N) is 4. The lowest BCUT2D eigenvalue weighted by atomic mass is 10.1. The highest BCUT2D eigenvalue weighted by Crippen LogP contribution is 2.27. The second kappa shape index (κ2) is 8.05. The van der Waals surface area contributed by atoms with Gasteiger partial charge in [-0.1, -0.05) is 17.7 Å². The van der Waals surface area contributed by atoms with Gasteiger partial charge in [-0.25, -0.2) is 9.78 Å². The van der Waals surface area contributed by atoms with Crippen LogP contribution in [0.5, 0.6) is 0 Å². The van der Waals surface area contributed by atoms with E-state index in [9.17, 15) is 4.79 Å². The Morgan fingerprint density at radius 2 is 1.84 bits per heavy atom. The van der Waals surface area contributed by atoms with Gasteiger partial charge in [0.2, 0.25) is 5.95 Å². The molecule has 1 saturated heterocycles. The number of rotatable bonds is 4. The molecule has 2 N–H and O–H groups in total. The molecule has 1 aliphatic heterocycles. The minimum absolute atomic E-state index is 0.145. The molecule has 0 bridgehead atoms. The first-order chi connectivity index (χ1) is 15.1. The number of aromatic nitrogens is 4. The van der Waals surface area contributed by atoms with E-state index in [1.54, 1.807) is 11.6 Å². The SMILES string of the molecule is Cn1c(=O)[nH]c2ccc(-c3cc(Nc4ccc(Cl)cc4)nc(N4CCOCC4)n3)cc21. The molecular formula is C22H21ClN6O2. The van der Waals surface area contributed by atoms with Gasteiger partial charge in [-0.05, 0) is 36.4 Å². The van der Waals surface area contributed by atoms with Crippen molar-refractivity contribution in [1.29, 1.82) is 0 Å². The number of halogens is 1. The van der Waals surface area contributed by atoms with Gasteiger partial charge in [0.1, 0.15) is 5.82 Å². The Labute approximate surface area is 183 Å². The molecule has 0 aliphatic carbocycles. The maximum Gasteiger partial charge on any atom is 0.326 e. The lowest BCUT2D eigenvalue weighted by molar-refractivity contribution is 0.122. The van der Waals surface area contributed by atoms with Gasteiger partial charge in [0, 0.05) is 42.5 Å². The third-order valence-electron chi connectivity index (χ3n) is 5.33. The second-order valence-corrected chi connectivity index (χ2v) is 7.83. The summed E-state index contributed by atoms with van der Waals surface area (Å²) >= 11 is 6.01. The number of morpholine rings is 1. The van der Waals surface area contributed by atoms with Crippen LogP contribution in [0.3, 0.4) is 0 Å². The molecule has 8 nitrogen and oxygen atoms in total. The fourth-order valence-electron chi connectivity index (χ4n) is 3.61. The highest BCUT2D eigenvalue weighted by atomic mass is 35.5. The summed E-state index contributed by atoms with van der Waals surface area (Å²) < 4.78 is 7.07. The zero-order chi connectivity index (χ0) is 21.4. The largest absolute Gasteiger partial charge is 0.378 e. The van der Waals surface area contributed by atoms with Crippen LogP contribution in [0.15, 0.2) is 53.3 Å². The van der Waals surface area contributed by atoms with Crippen LogP contribution in [-0.4, -0.2) is 45.8 Å². The molecule has 1 fully saturated rings. The van der Waals surface area contributed by atoms with E-state index in [0.29, 0.717) is 30.0 Å². The van der Waals surface area contributed by atoms with Crippen LogP contribution in [0.25, 0.3) is 22.3 Å². The van der Waals surface area contributed by atoms with E-state index in [2.05, 4.69) is 15.2 Å². The van der Waals surface area contributed by atoms with Crippen molar-refractivity contribution < 1.29 is 4.74 Å². The Hall–Kier alpha value is -3.36. The van der Waals surface area contributed by atoms with Crippen molar-refractivity contribution in [2.45, 2.75) is 0 Å². The number of benzene rings is 2. The molecule has 3 heterocycles. The predicted molar refractivity (Wildman–Crippen MR) is 122 cm³/mol. The third-order valence-corrected chi connectivity index (χ3v) is 5.58. The predicted octanol–water partition coefficient (Wildman–Crippen LogP) is 3.56. The van der Waals surface area contributed by atoms with Gasteiger partial charge in [0.25, 0.3) is 0 Å². The van der Waals surface area contributed by atoms with Crippen LogP contribution in [-0.2, 0) is 11.8 Å². The van der Waals surface area contributed by atoms with E-state index in [-0.39, 0.29) is 5.69 Å². The number of H-pyrrole nitrogens is 1. The molecule has 5 rings (SSSR count). The zero-order valence-corrected chi connectivity index (χ0v) is 17.7. The Bertz CT molecular complexity index is 1290. The Morgan fingerprint density at radius 1 is 1.06 bits per heavy atom. The van der Waals surface area contributed by atoms with Gasteiger partial charge in [0.05, 0.1) is 29.9 Å². The van der Waals surface area contributed by atoms with Crippen LogP contribution in [0, 0.1) is 0 Å². The molecule has 158 valence electrons. The van der Waals surface area contributed by atoms with Gasteiger partial charge in [-0.15, -0.1) is 0 Å². The van der Waals surface area contributed by atoms with Crippen molar-refractivity contribution in [3.8, 4) is 11.3 Å². The first-order valence-electron chi connectivity index (χ1n) is 10.0. The smallest absolute Gasteiger partial charge is 0.326 e. The average Bonchev–Trinajstić information content (AvgIpc) is 3.09. The second-order valence-electron chi connectivity index (χ2n) is 7.39. The summed E-state index contributed by atoms with van der Waals surface area (Å²) in [5, 5.41) is 4.02. The molecule has 2 aromatic carbocycles. The highest BCUT2D eigenvalue weighted by Gasteiger charge is 2.17. The van der Waals surface area contributed by atoms with Crippen molar-refractivity contribution in [3.63, 3.8) is 0 Å². The summed E-state index contributed by atoms with van der Waals surface area (Å²) in [6, 6.07) is 15.2. The monoisotopic (exact) mass is 436 g/mol. The Balaban J connectivity index is 1.58. The van der Waals surface area contributed by atoms with E-state index in [0.717, 1.165) is 41.1 Å². The summed E-state index contributed by atoms with van der Waals surface area (Å²) in [5.41, 5.74) is 4.01. The molecule has 0 atom stereocenters. The number of hydrogen-bond donors (Lipinski definition) is 2. The number of nitrogens with one attached hydrogen (secondary N) is 2. The van der Waals surface area contributed by atoms with Crippen LogP contribution in [0.2, 0.25) is 5.02 Å². The summed E-state index contributed by atoms with van der Waals surface area (Å²) in [4.78, 5) is 26.5. The van der Waals surface area contributed by atoms with Crippen molar-refractivity contribution in [2.75, 3.05) is 36.5 Å². The molecule has 4 aromatic rings. The molecule has 31 heavy (non-hydrogen) atoms. The summed E-state index contributed by atoms with van der Waals surface area (Å²) in [6.45, 7) is 2.75. The van der Waals surface area contributed by atoms with Gasteiger partial charge < -0.3 is 19.9 Å². The van der Waals surface area contributed by atoms with E-state index >= 15 is 0 Å². The molecular weight excluding hydrogens is 416 g/mol. The average molecular weight is 437 g/mol. The van der Waals surface area contributed by atoms with Crippen molar-refractivity contribution in [2.24, 2.45) is 7.05 Å². The molecule has 9 heteroatoms. The topological polar surface area (TPSA) is 88.1 Å². The van der Waals surface area contributed by atoms with Crippen LogP contribution in [0.4, 0.5) is 17.5 Å². The molecule has 0 saturated carbocycles. The number of aromatic amines is 1. The molecule has 0 unspecified atom stereocenters. The molecule has 2 aromatic heterocycles. The normalized spacial score (nSPS) is 14.2. The highest BCUT2D eigenvalue weighted by molar-refractivity contribution is 6.30. The summed E-state index contributed by atoms with van der Waals surface area (Å²) in [6.07, 6.45) is 0.